The molecule has 1 aromatic carbocycles. The maximum absolute atomic E-state index is 10.2. The zero-order chi connectivity index (χ0) is 17.5. The summed E-state index contributed by atoms with van der Waals surface area (Å²) in [5.41, 5.74) is 2.67. The number of ether oxygens (including phenoxy) is 1. The largest absolute Gasteiger partial charge is 0.467 e. The Bertz CT molecular complexity index is 604. The van der Waals surface area contributed by atoms with Crippen LogP contribution >= 0.6 is 0 Å². The molecule has 0 bridgehead atoms. The first-order chi connectivity index (χ1) is 12.2. The Kier molecular flexibility index (Phi) is 6.50. The average Bonchev–Trinajstić information content (AvgIpc) is 3.16. The maximum atomic E-state index is 10.2. The lowest BCUT2D eigenvalue weighted by Gasteiger charge is -2.37. The molecule has 3 rings (SSSR count). The van der Waals surface area contributed by atoms with Gasteiger partial charge in [0.05, 0.1) is 19.0 Å². The molecule has 1 aromatic heterocycles. The number of anilines is 1. The third-order valence-corrected chi connectivity index (χ3v) is 4.69. The van der Waals surface area contributed by atoms with Crippen LogP contribution in [-0.4, -0.2) is 55.4 Å². The molecule has 1 N–H and O–H groups in total. The number of nitrogens with zero attached hydrogens (tertiary/aromatic N) is 2. The summed E-state index contributed by atoms with van der Waals surface area (Å²) >= 11 is 0. The van der Waals surface area contributed by atoms with Crippen LogP contribution in [0.25, 0.3) is 0 Å². The van der Waals surface area contributed by atoms with Crippen molar-refractivity contribution in [2.75, 3.05) is 44.2 Å². The average molecular weight is 344 g/mol. The Morgan fingerprint density at radius 1 is 1.12 bits per heavy atom. The van der Waals surface area contributed by atoms with E-state index in [4.69, 9.17) is 9.15 Å². The summed E-state index contributed by atoms with van der Waals surface area (Å²) in [7, 11) is 0. The zero-order valence-electron chi connectivity index (χ0n) is 14.9. The molecular formula is C20H28N2O3. The summed E-state index contributed by atoms with van der Waals surface area (Å²) in [5.74, 6) is 0.787. The van der Waals surface area contributed by atoms with Crippen LogP contribution in [0.2, 0.25) is 0 Å². The van der Waals surface area contributed by atoms with Gasteiger partial charge in [0, 0.05) is 38.4 Å². The highest BCUT2D eigenvalue weighted by Crippen LogP contribution is 2.17. The van der Waals surface area contributed by atoms with Gasteiger partial charge in [0.1, 0.15) is 12.4 Å². The fraction of sp³-hybridized carbons (Fsp3) is 0.500. The van der Waals surface area contributed by atoms with Gasteiger partial charge in [-0.1, -0.05) is 19.1 Å². The summed E-state index contributed by atoms with van der Waals surface area (Å²) in [4.78, 5) is 4.72. The molecule has 0 spiro atoms. The number of rotatable bonds is 8. The molecule has 1 fully saturated rings. The highest BCUT2D eigenvalue weighted by atomic mass is 16.5. The third kappa shape index (κ3) is 5.33. The summed E-state index contributed by atoms with van der Waals surface area (Å²) < 4.78 is 10.7. The van der Waals surface area contributed by atoms with E-state index >= 15 is 0 Å². The molecular weight excluding hydrogens is 316 g/mol. The molecule has 1 atom stereocenters. The SMILES string of the molecule is CCc1ccc(N2CCN(CC(O)COCc3ccco3)CC2)cc1. The Morgan fingerprint density at radius 2 is 1.88 bits per heavy atom. The van der Waals surface area contributed by atoms with Crippen molar-refractivity contribution in [3.8, 4) is 0 Å². The molecule has 1 saturated heterocycles. The molecule has 25 heavy (non-hydrogen) atoms. The van der Waals surface area contributed by atoms with Gasteiger partial charge in [-0.05, 0) is 36.2 Å². The van der Waals surface area contributed by atoms with E-state index in [-0.39, 0.29) is 0 Å². The van der Waals surface area contributed by atoms with E-state index in [0.29, 0.717) is 19.8 Å². The number of furan rings is 1. The Hall–Kier alpha value is -1.82. The molecule has 2 heterocycles. The third-order valence-electron chi connectivity index (χ3n) is 4.69. The van der Waals surface area contributed by atoms with Crippen molar-refractivity contribution in [3.63, 3.8) is 0 Å². The lowest BCUT2D eigenvalue weighted by atomic mass is 10.1. The van der Waals surface area contributed by atoms with Gasteiger partial charge in [-0.2, -0.15) is 0 Å². The molecule has 5 heteroatoms. The molecule has 1 unspecified atom stereocenters. The first-order valence-corrected chi connectivity index (χ1v) is 9.09. The summed E-state index contributed by atoms with van der Waals surface area (Å²) in [6.45, 7) is 7.48. The highest BCUT2D eigenvalue weighted by Gasteiger charge is 2.19. The van der Waals surface area contributed by atoms with Crippen LogP contribution in [0.15, 0.2) is 47.1 Å². The molecule has 0 aliphatic carbocycles. The van der Waals surface area contributed by atoms with Crippen molar-refractivity contribution in [2.24, 2.45) is 0 Å². The fourth-order valence-corrected chi connectivity index (χ4v) is 3.17. The van der Waals surface area contributed by atoms with E-state index in [2.05, 4.69) is 41.0 Å². The van der Waals surface area contributed by atoms with Crippen LogP contribution in [0, 0.1) is 0 Å². The van der Waals surface area contributed by atoms with Gasteiger partial charge in [0.25, 0.3) is 0 Å². The van der Waals surface area contributed by atoms with Crippen LogP contribution in [0.3, 0.4) is 0 Å². The summed E-state index contributed by atoms with van der Waals surface area (Å²) in [6, 6.07) is 12.6. The van der Waals surface area contributed by atoms with Gasteiger partial charge in [-0.25, -0.2) is 0 Å². The summed E-state index contributed by atoms with van der Waals surface area (Å²) in [5, 5.41) is 10.2. The number of aryl methyl sites for hydroxylation is 1. The van der Waals surface area contributed by atoms with Crippen LogP contribution in [0.4, 0.5) is 5.69 Å². The Morgan fingerprint density at radius 3 is 2.52 bits per heavy atom. The number of piperazine rings is 1. The molecule has 0 saturated carbocycles. The van der Waals surface area contributed by atoms with Crippen LogP contribution in [-0.2, 0) is 17.8 Å². The van der Waals surface area contributed by atoms with E-state index in [1.54, 1.807) is 6.26 Å². The number of hydrogen-bond acceptors (Lipinski definition) is 5. The lowest BCUT2D eigenvalue weighted by Crippen LogP contribution is -2.49. The number of hydrogen-bond donors (Lipinski definition) is 1. The number of aliphatic hydroxyl groups is 1. The van der Waals surface area contributed by atoms with E-state index in [0.717, 1.165) is 38.4 Å². The molecule has 0 amide bonds. The van der Waals surface area contributed by atoms with Crippen molar-refractivity contribution in [2.45, 2.75) is 26.1 Å². The molecule has 5 nitrogen and oxygen atoms in total. The molecule has 1 aliphatic rings. The van der Waals surface area contributed by atoms with Gasteiger partial charge in [-0.15, -0.1) is 0 Å². The second-order valence-electron chi connectivity index (χ2n) is 6.56. The monoisotopic (exact) mass is 344 g/mol. The van der Waals surface area contributed by atoms with Gasteiger partial charge >= 0.3 is 0 Å². The quantitative estimate of drug-likeness (QED) is 0.797. The Balaban J connectivity index is 1.36. The van der Waals surface area contributed by atoms with Gasteiger partial charge in [0.15, 0.2) is 0 Å². The van der Waals surface area contributed by atoms with Gasteiger partial charge in [0.2, 0.25) is 0 Å². The van der Waals surface area contributed by atoms with E-state index in [1.807, 2.05) is 12.1 Å². The Labute approximate surface area is 149 Å². The lowest BCUT2D eigenvalue weighted by molar-refractivity contribution is 0.00442. The minimum Gasteiger partial charge on any atom is -0.467 e. The number of β-amino-alcohol motifs (C(OH)–C–C–N with tert-alkyl or cyclic N) is 1. The highest BCUT2D eigenvalue weighted by molar-refractivity contribution is 5.48. The zero-order valence-corrected chi connectivity index (χ0v) is 14.9. The van der Waals surface area contributed by atoms with E-state index < -0.39 is 6.10 Å². The molecule has 0 radical (unpaired) electrons. The predicted octanol–water partition coefficient (Wildman–Crippen LogP) is 2.54. The molecule has 2 aromatic rings. The maximum Gasteiger partial charge on any atom is 0.129 e. The second kappa shape index (κ2) is 9.04. The molecule has 136 valence electrons. The topological polar surface area (TPSA) is 49.1 Å². The first-order valence-electron chi connectivity index (χ1n) is 9.09. The van der Waals surface area contributed by atoms with Crippen LogP contribution < -0.4 is 4.90 Å². The second-order valence-corrected chi connectivity index (χ2v) is 6.56. The normalized spacial score (nSPS) is 17.0. The minimum atomic E-state index is -0.467. The van der Waals surface area contributed by atoms with E-state index in [1.165, 1.54) is 11.3 Å². The van der Waals surface area contributed by atoms with Gasteiger partial charge in [-0.3, -0.25) is 4.90 Å². The standard InChI is InChI=1S/C20H28N2O3/c1-2-17-5-7-18(8-6-17)22-11-9-21(10-12-22)14-19(23)15-24-16-20-4-3-13-25-20/h3-8,13,19,23H,2,9-12,14-16H2,1H3. The van der Waals surface area contributed by atoms with Crippen molar-refractivity contribution < 1.29 is 14.3 Å². The predicted molar refractivity (Wildman–Crippen MR) is 98.8 cm³/mol. The van der Waals surface area contributed by atoms with Crippen LogP contribution in [0.1, 0.15) is 18.2 Å². The van der Waals surface area contributed by atoms with Crippen molar-refractivity contribution in [3.05, 3.63) is 54.0 Å². The van der Waals surface area contributed by atoms with Crippen molar-refractivity contribution >= 4 is 5.69 Å². The van der Waals surface area contributed by atoms with Crippen LogP contribution in [0.5, 0.6) is 0 Å². The number of benzene rings is 1. The van der Waals surface area contributed by atoms with E-state index in [9.17, 15) is 5.11 Å². The van der Waals surface area contributed by atoms with Crippen molar-refractivity contribution in [1.82, 2.24) is 4.90 Å². The number of aliphatic hydroxyl groups excluding tert-OH is 1. The minimum absolute atomic E-state index is 0.333. The first kappa shape index (κ1) is 18.0. The summed E-state index contributed by atoms with van der Waals surface area (Å²) in [6.07, 6.45) is 2.24. The fourth-order valence-electron chi connectivity index (χ4n) is 3.17. The molecule has 1 aliphatic heterocycles. The van der Waals surface area contributed by atoms with Gasteiger partial charge < -0.3 is 19.2 Å². The van der Waals surface area contributed by atoms with Crippen molar-refractivity contribution in [1.29, 1.82) is 0 Å². The smallest absolute Gasteiger partial charge is 0.129 e.